The molecule has 1 aliphatic rings. The minimum Gasteiger partial charge on any atom is -0.497 e. The summed E-state index contributed by atoms with van der Waals surface area (Å²) in [4.78, 5) is 25.9. The third kappa shape index (κ3) is 6.20. The molecule has 0 unspecified atom stereocenters. The number of carbonyl (C=O) groups excluding carboxylic acids is 1. The van der Waals surface area contributed by atoms with Gasteiger partial charge in [0.1, 0.15) is 29.5 Å². The van der Waals surface area contributed by atoms with Crippen molar-refractivity contribution in [2.24, 2.45) is 0 Å². The molecule has 1 fully saturated rings. The van der Waals surface area contributed by atoms with Crippen LogP contribution in [0.5, 0.6) is 11.5 Å². The molecule has 0 saturated carbocycles. The lowest BCUT2D eigenvalue weighted by Gasteiger charge is -2.35. The van der Waals surface area contributed by atoms with E-state index in [-0.39, 0.29) is 5.91 Å². The van der Waals surface area contributed by atoms with Crippen molar-refractivity contribution in [3.05, 3.63) is 72.6 Å². The van der Waals surface area contributed by atoms with Crippen LogP contribution in [-0.2, 0) is 11.3 Å². The molecule has 0 spiro atoms. The van der Waals surface area contributed by atoms with Crippen molar-refractivity contribution >= 4 is 17.5 Å². The van der Waals surface area contributed by atoms with Gasteiger partial charge in [-0.25, -0.2) is 9.97 Å². The lowest BCUT2D eigenvalue weighted by molar-refractivity contribution is -0.122. The summed E-state index contributed by atoms with van der Waals surface area (Å²) < 4.78 is 10.9. The van der Waals surface area contributed by atoms with Crippen LogP contribution in [0, 0.1) is 0 Å². The van der Waals surface area contributed by atoms with Gasteiger partial charge in [-0.1, -0.05) is 30.3 Å². The molecule has 172 valence electrons. The highest BCUT2D eigenvalue weighted by Gasteiger charge is 2.20. The van der Waals surface area contributed by atoms with Crippen LogP contribution in [0.15, 0.2) is 67.0 Å². The molecule has 1 aromatic heterocycles. The number of hydrogen-bond donors (Lipinski definition) is 1. The molecule has 2 heterocycles. The third-order valence-corrected chi connectivity index (χ3v) is 5.59. The van der Waals surface area contributed by atoms with Gasteiger partial charge < -0.3 is 19.7 Å². The number of benzene rings is 2. The Hall–Kier alpha value is -3.65. The Balaban J connectivity index is 1.29. The first kappa shape index (κ1) is 22.5. The number of nitrogens with zero attached hydrogens (tertiary/aromatic N) is 4. The van der Waals surface area contributed by atoms with Gasteiger partial charge in [-0.2, -0.15) is 0 Å². The van der Waals surface area contributed by atoms with Crippen molar-refractivity contribution < 1.29 is 14.3 Å². The van der Waals surface area contributed by atoms with Crippen molar-refractivity contribution in [2.75, 3.05) is 43.5 Å². The highest BCUT2D eigenvalue weighted by atomic mass is 16.5. The Kier molecular flexibility index (Phi) is 7.36. The Morgan fingerprint density at radius 2 is 1.70 bits per heavy atom. The first-order valence-electron chi connectivity index (χ1n) is 11.1. The summed E-state index contributed by atoms with van der Waals surface area (Å²) >= 11 is 0. The molecule has 0 aliphatic carbocycles. The molecular weight excluding hydrogens is 418 g/mol. The number of rotatable bonds is 8. The smallest absolute Gasteiger partial charge is 0.266 e. The van der Waals surface area contributed by atoms with E-state index in [0.29, 0.717) is 11.6 Å². The molecule has 0 bridgehead atoms. The first-order chi connectivity index (χ1) is 16.1. The molecular formula is C25H29N5O3. The minimum absolute atomic E-state index is 0.275. The van der Waals surface area contributed by atoms with Crippen LogP contribution in [-0.4, -0.2) is 60.2 Å². The van der Waals surface area contributed by atoms with Crippen LogP contribution in [0.3, 0.4) is 0 Å². The van der Waals surface area contributed by atoms with Gasteiger partial charge in [-0.3, -0.25) is 9.69 Å². The van der Waals surface area contributed by atoms with E-state index in [9.17, 15) is 4.79 Å². The predicted molar refractivity (Wildman–Crippen MR) is 128 cm³/mol. The van der Waals surface area contributed by atoms with Crippen molar-refractivity contribution in [1.29, 1.82) is 0 Å². The van der Waals surface area contributed by atoms with E-state index >= 15 is 0 Å². The predicted octanol–water partition coefficient (Wildman–Crippen LogP) is 3.21. The molecule has 1 amide bonds. The summed E-state index contributed by atoms with van der Waals surface area (Å²) in [7, 11) is 1.60. The maximum absolute atomic E-state index is 12.6. The zero-order valence-electron chi connectivity index (χ0n) is 19.0. The summed E-state index contributed by atoms with van der Waals surface area (Å²) in [5.41, 5.74) is 1.32. The summed E-state index contributed by atoms with van der Waals surface area (Å²) in [6.07, 6.45) is 0.800. The third-order valence-electron chi connectivity index (χ3n) is 5.59. The van der Waals surface area contributed by atoms with Crippen LogP contribution in [0.2, 0.25) is 0 Å². The molecule has 0 radical (unpaired) electrons. The molecule has 4 rings (SSSR count). The highest BCUT2D eigenvalue weighted by Crippen LogP contribution is 2.20. The number of amides is 1. The zero-order valence-corrected chi connectivity index (χ0v) is 19.0. The van der Waals surface area contributed by atoms with Gasteiger partial charge >= 0.3 is 0 Å². The molecule has 1 aliphatic heterocycles. The Morgan fingerprint density at radius 1 is 1.00 bits per heavy atom. The summed E-state index contributed by atoms with van der Waals surface area (Å²) in [5.74, 6) is 2.32. The van der Waals surface area contributed by atoms with Crippen LogP contribution in [0.1, 0.15) is 12.5 Å². The van der Waals surface area contributed by atoms with Crippen molar-refractivity contribution in [1.82, 2.24) is 14.9 Å². The fourth-order valence-electron chi connectivity index (χ4n) is 3.70. The van der Waals surface area contributed by atoms with Crippen molar-refractivity contribution in [3.8, 4) is 11.5 Å². The molecule has 1 saturated heterocycles. The van der Waals surface area contributed by atoms with Gasteiger partial charge in [0.05, 0.1) is 7.11 Å². The number of aromatic nitrogens is 2. The quantitative estimate of drug-likeness (QED) is 0.568. The van der Waals surface area contributed by atoms with E-state index in [4.69, 9.17) is 9.47 Å². The molecule has 1 N–H and O–H groups in total. The second-order valence-corrected chi connectivity index (χ2v) is 7.94. The lowest BCUT2D eigenvalue weighted by Crippen LogP contribution is -2.46. The topological polar surface area (TPSA) is 79.8 Å². The summed E-state index contributed by atoms with van der Waals surface area (Å²) in [6, 6.07) is 19.4. The molecule has 33 heavy (non-hydrogen) atoms. The van der Waals surface area contributed by atoms with E-state index in [1.807, 2.05) is 12.1 Å². The van der Waals surface area contributed by atoms with Crippen molar-refractivity contribution in [3.63, 3.8) is 0 Å². The van der Waals surface area contributed by atoms with Gasteiger partial charge in [0.25, 0.3) is 5.91 Å². The largest absolute Gasteiger partial charge is 0.497 e. The number of anilines is 2. The standard InChI is InChI=1S/C25H29N5O3/c1-19(33-22-10-8-21(32-2)9-11-22)25(31)28-23-16-24(27-18-26-23)30-14-12-29(13-15-30)17-20-6-4-3-5-7-20/h3-11,16,18-19H,12-15,17H2,1-2H3,(H,26,27,28,31)/t19-/m1/s1. The van der Waals surface area contributed by atoms with E-state index < -0.39 is 6.10 Å². The Bertz CT molecular complexity index is 1040. The van der Waals surface area contributed by atoms with Crippen molar-refractivity contribution in [2.45, 2.75) is 19.6 Å². The Morgan fingerprint density at radius 3 is 2.39 bits per heavy atom. The van der Waals surface area contributed by atoms with E-state index in [0.717, 1.165) is 44.3 Å². The summed E-state index contributed by atoms with van der Waals surface area (Å²) in [5, 5.41) is 2.83. The average Bonchev–Trinajstić information content (AvgIpc) is 2.86. The van der Waals surface area contributed by atoms with Crippen LogP contribution in [0.4, 0.5) is 11.6 Å². The Labute approximate surface area is 194 Å². The molecule has 1 atom stereocenters. The fourth-order valence-corrected chi connectivity index (χ4v) is 3.70. The number of methoxy groups -OCH3 is 1. The number of carbonyl (C=O) groups is 1. The second kappa shape index (κ2) is 10.8. The zero-order chi connectivity index (χ0) is 23.0. The molecule has 3 aromatic rings. The maximum atomic E-state index is 12.6. The normalized spacial score (nSPS) is 15.0. The second-order valence-electron chi connectivity index (χ2n) is 7.94. The van der Waals surface area contributed by atoms with Gasteiger partial charge in [-0.15, -0.1) is 0 Å². The first-order valence-corrected chi connectivity index (χ1v) is 11.1. The number of hydrogen-bond acceptors (Lipinski definition) is 7. The van der Waals surface area contributed by atoms with Crippen LogP contribution in [0.25, 0.3) is 0 Å². The number of nitrogens with one attached hydrogen (secondary N) is 1. The summed E-state index contributed by atoms with van der Waals surface area (Å²) in [6.45, 7) is 6.29. The van der Waals surface area contributed by atoms with Gasteiger partial charge in [0, 0.05) is 38.8 Å². The number of piperazine rings is 1. The van der Waals surface area contributed by atoms with Gasteiger partial charge in [0.2, 0.25) is 0 Å². The fraction of sp³-hybridized carbons (Fsp3) is 0.320. The van der Waals surface area contributed by atoms with E-state index in [2.05, 4.69) is 49.4 Å². The van der Waals surface area contributed by atoms with Gasteiger partial charge in [0.15, 0.2) is 6.10 Å². The average molecular weight is 448 g/mol. The monoisotopic (exact) mass is 447 g/mol. The van der Waals surface area contributed by atoms with Crippen LogP contribution < -0.4 is 19.7 Å². The van der Waals surface area contributed by atoms with E-state index in [1.54, 1.807) is 38.3 Å². The molecule has 2 aromatic carbocycles. The lowest BCUT2D eigenvalue weighted by atomic mass is 10.2. The number of ether oxygens (including phenoxy) is 2. The highest BCUT2D eigenvalue weighted by molar-refractivity contribution is 5.93. The molecule has 8 nitrogen and oxygen atoms in total. The SMILES string of the molecule is COc1ccc(O[C@H](C)C(=O)Nc2cc(N3CCN(Cc4ccccc4)CC3)ncn2)cc1. The maximum Gasteiger partial charge on any atom is 0.266 e. The minimum atomic E-state index is -0.682. The van der Waals surface area contributed by atoms with E-state index in [1.165, 1.54) is 11.9 Å². The van der Waals surface area contributed by atoms with Crippen LogP contribution >= 0.6 is 0 Å². The van der Waals surface area contributed by atoms with Gasteiger partial charge in [-0.05, 0) is 36.8 Å². The molecule has 8 heteroatoms.